The van der Waals surface area contributed by atoms with Gasteiger partial charge >= 0.3 is 10.2 Å². The number of ether oxygens (including phenoxy) is 1. The van der Waals surface area contributed by atoms with Crippen LogP contribution in [0, 0.1) is 34.0 Å². The number of amides is 5. The van der Waals surface area contributed by atoms with Crippen molar-refractivity contribution in [1.82, 2.24) is 34.8 Å². The van der Waals surface area contributed by atoms with Gasteiger partial charge in [0.15, 0.2) is 0 Å². The highest BCUT2D eigenvalue weighted by molar-refractivity contribution is 7.87. The summed E-state index contributed by atoms with van der Waals surface area (Å²) < 4.78 is 62.5. The van der Waals surface area contributed by atoms with E-state index in [1.54, 1.807) is 4.90 Å². The molecular formula is C44H67F2N7O8S. The summed E-state index contributed by atoms with van der Waals surface area (Å²) in [4.78, 5) is 75.9. The van der Waals surface area contributed by atoms with Crippen LogP contribution < -0.4 is 20.7 Å². The molecule has 4 saturated carbocycles. The van der Waals surface area contributed by atoms with Crippen LogP contribution in [0.5, 0.6) is 0 Å². The first-order valence-corrected chi connectivity index (χ1v) is 24.7. The zero-order valence-electron chi connectivity index (χ0n) is 36.4. The van der Waals surface area contributed by atoms with Crippen molar-refractivity contribution in [3.05, 3.63) is 12.7 Å². The first kappa shape index (κ1) is 45.4. The minimum absolute atomic E-state index is 0.0676. The Balaban J connectivity index is 1.07. The van der Waals surface area contributed by atoms with E-state index >= 15 is 4.79 Å². The molecule has 7 atom stereocenters. The molecule has 0 bridgehead atoms. The zero-order chi connectivity index (χ0) is 44.2. The molecule has 18 heteroatoms. The topological polar surface area (TPSA) is 187 Å². The lowest BCUT2D eigenvalue weighted by Gasteiger charge is -2.37. The van der Waals surface area contributed by atoms with Crippen LogP contribution in [0.15, 0.2) is 12.7 Å². The molecule has 4 aliphatic heterocycles. The molecule has 0 aromatic rings. The number of hydrogen-bond acceptors (Lipinski definition) is 9. The lowest BCUT2D eigenvalue weighted by molar-refractivity contribution is -0.145. The Morgan fingerprint density at radius 3 is 2.06 bits per heavy atom. The molecule has 4 aliphatic carbocycles. The van der Waals surface area contributed by atoms with Crippen molar-refractivity contribution in [2.45, 2.75) is 153 Å². The first-order valence-electron chi connectivity index (χ1n) is 23.3. The molecule has 15 nitrogen and oxygen atoms in total. The van der Waals surface area contributed by atoms with Gasteiger partial charge < -0.3 is 25.6 Å². The van der Waals surface area contributed by atoms with Crippen LogP contribution in [0.3, 0.4) is 0 Å². The lowest BCUT2D eigenvalue weighted by atomic mass is 9.73. The number of carbonyl (C=O) groups is 5. The van der Waals surface area contributed by atoms with E-state index in [0.717, 1.165) is 38.5 Å². The van der Waals surface area contributed by atoms with Gasteiger partial charge in [-0.1, -0.05) is 45.6 Å². The number of hydrogen-bond donors (Lipinski definition) is 4. The predicted molar refractivity (Wildman–Crippen MR) is 224 cm³/mol. The Hall–Kier alpha value is -3.22. The van der Waals surface area contributed by atoms with Crippen molar-refractivity contribution in [3.63, 3.8) is 0 Å². The summed E-state index contributed by atoms with van der Waals surface area (Å²) in [5.41, 5.74) is -2.21. The summed E-state index contributed by atoms with van der Waals surface area (Å²) in [6.45, 7) is 9.71. The molecule has 0 aromatic heterocycles. The van der Waals surface area contributed by atoms with Gasteiger partial charge in [0.05, 0.1) is 12.6 Å². The maximum absolute atomic E-state index is 15.4. The first-order chi connectivity index (χ1) is 29.5. The van der Waals surface area contributed by atoms with Crippen LogP contribution in [0.25, 0.3) is 0 Å². The molecule has 62 heavy (non-hydrogen) atoms. The van der Waals surface area contributed by atoms with Crippen molar-refractivity contribution in [1.29, 1.82) is 0 Å². The maximum atomic E-state index is 15.4. The van der Waals surface area contributed by atoms with E-state index in [9.17, 15) is 36.4 Å². The Morgan fingerprint density at radius 1 is 0.790 bits per heavy atom. The largest absolute Gasteiger partial charge is 0.381 e. The number of nitrogens with one attached hydrogen (secondary N) is 4. The predicted octanol–water partition coefficient (Wildman–Crippen LogP) is 3.01. The van der Waals surface area contributed by atoms with E-state index < -0.39 is 88.3 Å². The van der Waals surface area contributed by atoms with Crippen molar-refractivity contribution in [3.8, 4) is 0 Å². The fourth-order valence-electron chi connectivity index (χ4n) is 13.1. The quantitative estimate of drug-likeness (QED) is 0.180. The Bertz CT molecular complexity index is 1880. The SMILES string of the molecule is C=C[C@@H]1C[C@]1(NC(=O)[C@@H]1C[C@@]2(CN1C(=O)[C@@H](NC(=O)[C@@H](NC(=O)[C@@H]1CCCN1CC(F)F)C1CCCCC1)C1CCOCC1)C(C)(C)C21CCC1)C(=O)NS(=O)(=O)N1CCCC1. The van der Waals surface area contributed by atoms with E-state index in [1.807, 2.05) is 0 Å². The van der Waals surface area contributed by atoms with Crippen molar-refractivity contribution < 1.29 is 45.9 Å². The third-order valence-corrected chi connectivity index (χ3v) is 18.6. The fourth-order valence-corrected chi connectivity index (χ4v) is 14.4. The third-order valence-electron chi connectivity index (χ3n) is 17.1. The van der Waals surface area contributed by atoms with Gasteiger partial charge in [-0.3, -0.25) is 28.9 Å². The molecule has 346 valence electrons. The van der Waals surface area contributed by atoms with Gasteiger partial charge in [0.2, 0.25) is 23.6 Å². The average molecular weight is 892 g/mol. The smallest absolute Gasteiger partial charge is 0.303 e. The number of fused-ring (bicyclic) bond motifs is 1. The van der Waals surface area contributed by atoms with Crippen LogP contribution in [-0.2, 0) is 38.9 Å². The number of alkyl halides is 2. The number of halogens is 2. The lowest BCUT2D eigenvalue weighted by Crippen LogP contribution is -2.62. The molecule has 8 aliphatic rings. The van der Waals surface area contributed by atoms with Gasteiger partial charge in [0.25, 0.3) is 12.3 Å². The van der Waals surface area contributed by atoms with Gasteiger partial charge in [-0.05, 0) is 106 Å². The summed E-state index contributed by atoms with van der Waals surface area (Å²) in [6, 6.07) is -3.85. The summed E-state index contributed by atoms with van der Waals surface area (Å²) in [7, 11) is -4.14. The second-order valence-corrected chi connectivity index (χ2v) is 21.9. The highest BCUT2D eigenvalue weighted by atomic mass is 32.2. The van der Waals surface area contributed by atoms with Crippen LogP contribution in [0.1, 0.15) is 117 Å². The molecule has 2 spiro atoms. The molecule has 4 saturated heterocycles. The number of carbonyl (C=O) groups excluding carboxylic acids is 5. The van der Waals surface area contributed by atoms with Gasteiger partial charge in [-0.25, -0.2) is 13.5 Å². The normalized spacial score (nSPS) is 33.2. The van der Waals surface area contributed by atoms with Crippen LogP contribution in [0.4, 0.5) is 8.78 Å². The zero-order valence-corrected chi connectivity index (χ0v) is 37.3. The van der Waals surface area contributed by atoms with E-state index in [4.69, 9.17) is 4.74 Å². The molecule has 0 unspecified atom stereocenters. The minimum Gasteiger partial charge on any atom is -0.381 e. The fraction of sp³-hybridized carbons (Fsp3) is 0.841. The summed E-state index contributed by atoms with van der Waals surface area (Å²) >= 11 is 0. The molecule has 4 N–H and O–H groups in total. The summed E-state index contributed by atoms with van der Waals surface area (Å²) in [5.74, 6) is -3.87. The van der Waals surface area contributed by atoms with Gasteiger partial charge in [-0.15, -0.1) is 6.58 Å². The summed E-state index contributed by atoms with van der Waals surface area (Å²) in [5, 5.41) is 9.03. The molecule has 0 radical (unpaired) electrons. The Labute approximate surface area is 364 Å². The van der Waals surface area contributed by atoms with Crippen molar-refractivity contribution >= 4 is 39.7 Å². The molecule has 8 rings (SSSR count). The summed E-state index contributed by atoms with van der Waals surface area (Å²) in [6.07, 6.45) is 9.85. The van der Waals surface area contributed by atoms with Gasteiger partial charge in [0, 0.05) is 44.2 Å². The van der Waals surface area contributed by atoms with Crippen LogP contribution in [0.2, 0.25) is 0 Å². The molecular weight excluding hydrogens is 825 g/mol. The second kappa shape index (κ2) is 17.3. The molecule has 4 heterocycles. The third kappa shape index (κ3) is 7.87. The average Bonchev–Trinajstić information content (AvgIpc) is 3.62. The standard InChI is InChI=1S/C44H67F2N7O8S/c1-4-30-24-44(30,40(58)50-62(59,60)52-20-8-9-21-52)49-37(55)32-25-43(41(2,3)42(43)17-11-18-42)27-53(32)39(57)35(29-15-22-61-23-16-29)48-38(56)34(28-12-6-5-7-13-28)47-36(54)31-14-10-19-51(31)26-33(45)46/h4,28-35H,1,5-27H2,2-3H3,(H,47,54)(H,48,56)(H,49,55)(H,50,58)/t30-,31+,32+,34+,35+,43-,44-/m1/s1. The van der Waals surface area contributed by atoms with Gasteiger partial charge in [0.1, 0.15) is 23.7 Å². The van der Waals surface area contributed by atoms with E-state index in [-0.39, 0.29) is 41.0 Å². The number of rotatable bonds is 15. The monoisotopic (exact) mass is 891 g/mol. The highest BCUT2D eigenvalue weighted by Crippen LogP contribution is 2.88. The van der Waals surface area contributed by atoms with Crippen molar-refractivity contribution in [2.75, 3.05) is 45.9 Å². The van der Waals surface area contributed by atoms with Crippen LogP contribution in [-0.4, -0.2) is 134 Å². The second-order valence-electron chi connectivity index (χ2n) is 20.2. The number of nitrogens with zero attached hydrogens (tertiary/aromatic N) is 3. The molecule has 0 aromatic carbocycles. The minimum atomic E-state index is -4.14. The number of likely N-dealkylation sites (tertiary alicyclic amines) is 2. The van der Waals surface area contributed by atoms with E-state index in [0.29, 0.717) is 90.6 Å². The van der Waals surface area contributed by atoms with E-state index in [2.05, 4.69) is 41.1 Å². The molecule has 8 fully saturated rings. The molecule has 5 amide bonds. The van der Waals surface area contributed by atoms with E-state index in [1.165, 1.54) is 15.3 Å². The highest BCUT2D eigenvalue weighted by Gasteiger charge is 2.85. The van der Waals surface area contributed by atoms with Crippen LogP contribution >= 0.6 is 0 Å². The van der Waals surface area contributed by atoms with Gasteiger partial charge in [-0.2, -0.15) is 12.7 Å². The maximum Gasteiger partial charge on any atom is 0.303 e. The Morgan fingerprint density at radius 2 is 1.47 bits per heavy atom. The van der Waals surface area contributed by atoms with Crippen molar-refractivity contribution in [2.24, 2.45) is 34.0 Å². The Kier molecular flexibility index (Phi) is 12.7.